The van der Waals surface area contributed by atoms with E-state index in [4.69, 9.17) is 11.6 Å². The van der Waals surface area contributed by atoms with Crippen molar-refractivity contribution in [2.24, 2.45) is 0 Å². The Hall–Kier alpha value is -2.36. The third-order valence-corrected chi connectivity index (χ3v) is 6.82. The number of rotatable bonds is 6. The lowest BCUT2D eigenvalue weighted by molar-refractivity contribution is -0.116. The van der Waals surface area contributed by atoms with Crippen LogP contribution < -0.4 is 14.5 Å². The van der Waals surface area contributed by atoms with E-state index >= 15 is 0 Å². The second kappa shape index (κ2) is 8.17. The van der Waals surface area contributed by atoms with Crippen molar-refractivity contribution in [3.05, 3.63) is 57.2 Å². The number of anilines is 2. The molecule has 0 aliphatic rings. The summed E-state index contributed by atoms with van der Waals surface area (Å²) in [7, 11) is -3.74. The van der Waals surface area contributed by atoms with E-state index in [-0.39, 0.29) is 4.87 Å². The standard InChI is InChI=1S/C19H20ClN3O4S2/c1-4-22-16-9-8-14(11-17(16)28-19(22)25)21-18(24)12(2)23(29(3,26)27)15-7-5-6-13(20)10-15/h5-12H,4H2,1-3H3,(H,21,24). The van der Waals surface area contributed by atoms with Crippen molar-refractivity contribution < 1.29 is 13.2 Å². The van der Waals surface area contributed by atoms with Crippen molar-refractivity contribution in [1.29, 1.82) is 0 Å². The summed E-state index contributed by atoms with van der Waals surface area (Å²) < 4.78 is 28.1. The van der Waals surface area contributed by atoms with Gasteiger partial charge in [0.1, 0.15) is 6.04 Å². The molecule has 154 valence electrons. The number of nitrogens with one attached hydrogen (secondary N) is 1. The van der Waals surface area contributed by atoms with Crippen LogP contribution in [0.15, 0.2) is 47.3 Å². The van der Waals surface area contributed by atoms with E-state index in [9.17, 15) is 18.0 Å². The normalized spacial score (nSPS) is 12.7. The largest absolute Gasteiger partial charge is 0.324 e. The number of carbonyl (C=O) groups excluding carboxylic acids is 1. The molecule has 3 rings (SSSR count). The topological polar surface area (TPSA) is 88.5 Å². The van der Waals surface area contributed by atoms with Gasteiger partial charge in [0, 0.05) is 17.3 Å². The summed E-state index contributed by atoms with van der Waals surface area (Å²) in [6.45, 7) is 3.95. The van der Waals surface area contributed by atoms with E-state index in [1.54, 1.807) is 41.0 Å². The quantitative estimate of drug-likeness (QED) is 0.618. The highest BCUT2D eigenvalue weighted by Crippen LogP contribution is 2.26. The summed E-state index contributed by atoms with van der Waals surface area (Å²) in [5, 5.41) is 3.10. The zero-order valence-corrected chi connectivity index (χ0v) is 18.4. The van der Waals surface area contributed by atoms with Crippen molar-refractivity contribution in [3.8, 4) is 0 Å². The van der Waals surface area contributed by atoms with Gasteiger partial charge in [-0.15, -0.1) is 0 Å². The first-order chi connectivity index (χ1) is 13.6. The number of halogens is 1. The molecule has 2 aromatic carbocycles. The molecule has 0 bridgehead atoms. The molecule has 0 spiro atoms. The molecule has 29 heavy (non-hydrogen) atoms. The van der Waals surface area contributed by atoms with Crippen LogP contribution >= 0.6 is 22.9 Å². The second-order valence-corrected chi connectivity index (χ2v) is 9.79. The Morgan fingerprint density at radius 2 is 2.00 bits per heavy atom. The molecule has 1 atom stereocenters. The smallest absolute Gasteiger partial charge is 0.308 e. The van der Waals surface area contributed by atoms with Crippen molar-refractivity contribution in [1.82, 2.24) is 4.57 Å². The average Bonchev–Trinajstić information content (AvgIpc) is 2.94. The Bertz CT molecular complexity index is 1230. The Morgan fingerprint density at radius 3 is 2.62 bits per heavy atom. The molecular weight excluding hydrogens is 434 g/mol. The van der Waals surface area contributed by atoms with E-state index in [1.165, 1.54) is 13.0 Å². The highest BCUT2D eigenvalue weighted by Gasteiger charge is 2.29. The predicted octanol–water partition coefficient (Wildman–Crippen LogP) is 3.53. The fraction of sp³-hybridized carbons (Fsp3) is 0.263. The van der Waals surface area contributed by atoms with Gasteiger partial charge in [0.15, 0.2) is 0 Å². The number of hydrogen-bond acceptors (Lipinski definition) is 5. The summed E-state index contributed by atoms with van der Waals surface area (Å²) in [6.07, 6.45) is 1.04. The molecule has 7 nitrogen and oxygen atoms in total. The summed E-state index contributed by atoms with van der Waals surface area (Å²) in [5.74, 6) is -0.503. The van der Waals surface area contributed by atoms with Gasteiger partial charge in [0.05, 0.1) is 22.2 Å². The Balaban J connectivity index is 1.90. The minimum Gasteiger partial charge on any atom is -0.324 e. The zero-order valence-electron chi connectivity index (χ0n) is 16.0. The number of nitrogens with zero attached hydrogens (tertiary/aromatic N) is 2. The Labute approximate surface area is 177 Å². The number of sulfonamides is 1. The summed E-state index contributed by atoms with van der Waals surface area (Å²) >= 11 is 7.08. The van der Waals surface area contributed by atoms with Crippen LogP contribution in [0.1, 0.15) is 13.8 Å². The number of benzene rings is 2. The molecule has 1 heterocycles. The summed E-state index contributed by atoms with van der Waals surface area (Å²) in [4.78, 5) is 24.7. The minimum atomic E-state index is -3.74. The van der Waals surface area contributed by atoms with Crippen LogP contribution in [-0.2, 0) is 21.4 Å². The highest BCUT2D eigenvalue weighted by atomic mass is 35.5. The number of amides is 1. The van der Waals surface area contributed by atoms with Gasteiger partial charge in [0.2, 0.25) is 15.9 Å². The van der Waals surface area contributed by atoms with Gasteiger partial charge in [-0.25, -0.2) is 8.42 Å². The molecule has 0 radical (unpaired) electrons. The maximum Gasteiger partial charge on any atom is 0.308 e. The summed E-state index contributed by atoms with van der Waals surface area (Å²) in [6, 6.07) is 10.5. The number of aromatic nitrogens is 1. The van der Waals surface area contributed by atoms with Crippen molar-refractivity contribution in [2.75, 3.05) is 15.9 Å². The minimum absolute atomic E-state index is 0.0662. The van der Waals surface area contributed by atoms with E-state index < -0.39 is 22.0 Å². The monoisotopic (exact) mass is 453 g/mol. The lowest BCUT2D eigenvalue weighted by Crippen LogP contribution is -2.45. The second-order valence-electron chi connectivity index (χ2n) is 6.50. The average molecular weight is 454 g/mol. The van der Waals surface area contributed by atoms with Crippen LogP contribution in [0.5, 0.6) is 0 Å². The van der Waals surface area contributed by atoms with E-state index in [0.29, 0.717) is 22.9 Å². The third-order valence-electron chi connectivity index (χ3n) is 4.40. The molecule has 1 amide bonds. The Morgan fingerprint density at radius 1 is 1.28 bits per heavy atom. The molecule has 1 unspecified atom stereocenters. The van der Waals surface area contributed by atoms with Gasteiger partial charge in [-0.3, -0.25) is 18.5 Å². The maximum absolute atomic E-state index is 12.8. The number of hydrogen-bond donors (Lipinski definition) is 1. The Kier molecular flexibility index (Phi) is 6.02. The maximum atomic E-state index is 12.8. The van der Waals surface area contributed by atoms with Crippen LogP contribution in [-0.4, -0.2) is 31.2 Å². The van der Waals surface area contributed by atoms with Crippen LogP contribution in [0.4, 0.5) is 11.4 Å². The molecule has 0 fully saturated rings. The first-order valence-electron chi connectivity index (χ1n) is 8.81. The van der Waals surface area contributed by atoms with Gasteiger partial charge in [-0.2, -0.15) is 0 Å². The number of carbonyl (C=O) groups is 1. The first-order valence-corrected chi connectivity index (χ1v) is 11.9. The van der Waals surface area contributed by atoms with Crippen LogP contribution in [0.2, 0.25) is 5.02 Å². The highest BCUT2D eigenvalue weighted by molar-refractivity contribution is 7.92. The van der Waals surface area contributed by atoms with E-state index in [2.05, 4.69) is 5.32 Å². The molecule has 1 aromatic heterocycles. The van der Waals surface area contributed by atoms with E-state index in [1.807, 2.05) is 6.92 Å². The van der Waals surface area contributed by atoms with Crippen LogP contribution in [0.3, 0.4) is 0 Å². The SMILES string of the molecule is CCn1c(=O)sc2cc(NC(=O)C(C)N(c3cccc(Cl)c3)S(C)(=O)=O)ccc21. The van der Waals surface area contributed by atoms with E-state index in [0.717, 1.165) is 32.1 Å². The molecule has 10 heteroatoms. The molecule has 3 aromatic rings. The first kappa shape index (κ1) is 21.4. The number of thiazole rings is 1. The number of fused-ring (bicyclic) bond motifs is 1. The van der Waals surface area contributed by atoms with Gasteiger partial charge in [-0.1, -0.05) is 29.0 Å². The van der Waals surface area contributed by atoms with Crippen LogP contribution in [0.25, 0.3) is 10.2 Å². The molecule has 1 N–H and O–H groups in total. The van der Waals surface area contributed by atoms with Crippen molar-refractivity contribution in [3.63, 3.8) is 0 Å². The molecule has 0 saturated carbocycles. The molecule has 0 aliphatic heterocycles. The molecular formula is C19H20ClN3O4S2. The summed E-state index contributed by atoms with van der Waals surface area (Å²) in [5.41, 5.74) is 1.58. The predicted molar refractivity (Wildman–Crippen MR) is 119 cm³/mol. The van der Waals surface area contributed by atoms with Crippen molar-refractivity contribution in [2.45, 2.75) is 26.4 Å². The zero-order chi connectivity index (χ0) is 21.3. The van der Waals surface area contributed by atoms with Crippen LogP contribution in [0, 0.1) is 0 Å². The number of aryl methyl sites for hydroxylation is 1. The third kappa shape index (κ3) is 4.47. The fourth-order valence-electron chi connectivity index (χ4n) is 3.11. The lowest BCUT2D eigenvalue weighted by atomic mass is 10.2. The van der Waals surface area contributed by atoms with Gasteiger partial charge < -0.3 is 5.32 Å². The van der Waals surface area contributed by atoms with Gasteiger partial charge in [-0.05, 0) is 50.2 Å². The van der Waals surface area contributed by atoms with Crippen molar-refractivity contribution >= 4 is 60.5 Å². The van der Waals surface area contributed by atoms with Gasteiger partial charge >= 0.3 is 4.87 Å². The lowest BCUT2D eigenvalue weighted by Gasteiger charge is -2.28. The molecule has 0 aliphatic carbocycles. The molecule has 0 saturated heterocycles. The fourth-order valence-corrected chi connectivity index (χ4v) is 5.46. The van der Waals surface area contributed by atoms with Gasteiger partial charge in [0.25, 0.3) is 0 Å².